The smallest absolute Gasteiger partial charge is 0.343 e. The van der Waals surface area contributed by atoms with E-state index >= 15 is 0 Å². The molecule has 0 saturated heterocycles. The minimum Gasteiger partial charge on any atom is -0.419 e. The summed E-state index contributed by atoms with van der Waals surface area (Å²) in [5.41, 5.74) is 3.21. The Morgan fingerprint density at radius 3 is 2.03 bits per heavy atom. The first kappa shape index (κ1) is 23.9. The van der Waals surface area contributed by atoms with E-state index in [1.54, 1.807) is 48.5 Å². The van der Waals surface area contributed by atoms with Crippen molar-refractivity contribution < 1.29 is 24.2 Å². The van der Waals surface area contributed by atoms with E-state index in [1.807, 2.05) is 24.3 Å². The van der Waals surface area contributed by atoms with Crippen LogP contribution in [0.4, 0.5) is 0 Å². The van der Waals surface area contributed by atoms with Crippen LogP contribution in [0, 0.1) is 17.3 Å². The zero-order chi connectivity index (χ0) is 25.6. The molecule has 0 unspecified atom stereocenters. The molecule has 5 atom stereocenters. The quantitative estimate of drug-likeness (QED) is 0.337. The first-order valence-corrected chi connectivity index (χ1v) is 13.3. The highest BCUT2D eigenvalue weighted by Gasteiger charge is 2.54. The maximum absolute atomic E-state index is 13.0. The Balaban J connectivity index is 1.36. The number of hydrogen-bond donors (Lipinski definition) is 1. The summed E-state index contributed by atoms with van der Waals surface area (Å²) in [6.45, 7) is 2.26. The average Bonchev–Trinajstić information content (AvgIpc) is 3.24. The molecule has 2 saturated carbocycles. The Morgan fingerprint density at radius 2 is 1.41 bits per heavy atom. The summed E-state index contributed by atoms with van der Waals surface area (Å²) in [6, 6.07) is 21.5. The molecule has 0 radical (unpaired) electrons. The predicted octanol–water partition coefficient (Wildman–Crippen LogP) is 6.34. The van der Waals surface area contributed by atoms with Gasteiger partial charge in [-0.3, -0.25) is 0 Å². The minimum absolute atomic E-state index is 0.00751. The molecule has 6 rings (SSSR count). The third kappa shape index (κ3) is 4.25. The number of esters is 2. The SMILES string of the molecule is C[C@]12CC[C@@H]3c4cc(OC(=O)c5ccccc5)c(OC(=O)c5ccccc5)cc4CC[C@H]3[C@H]1CC[C@H]2O. The summed E-state index contributed by atoms with van der Waals surface area (Å²) in [5.74, 6) is 0.920. The Morgan fingerprint density at radius 1 is 0.811 bits per heavy atom. The molecule has 0 bridgehead atoms. The van der Waals surface area contributed by atoms with Gasteiger partial charge in [-0.05, 0) is 109 Å². The van der Waals surface area contributed by atoms with Crippen LogP contribution in [0.15, 0.2) is 72.8 Å². The van der Waals surface area contributed by atoms with Crippen molar-refractivity contribution in [1.82, 2.24) is 0 Å². The Kier molecular flexibility index (Phi) is 6.12. The van der Waals surface area contributed by atoms with Gasteiger partial charge < -0.3 is 14.6 Å². The number of carbonyl (C=O) groups excluding carboxylic acids is 2. The monoisotopic (exact) mass is 496 g/mol. The Labute approximate surface area is 217 Å². The van der Waals surface area contributed by atoms with Crippen LogP contribution in [0.25, 0.3) is 0 Å². The van der Waals surface area contributed by atoms with Gasteiger partial charge in [-0.2, -0.15) is 0 Å². The third-order valence-corrected chi connectivity index (χ3v) is 9.16. The second-order valence-electron chi connectivity index (χ2n) is 11.1. The number of hydrogen-bond acceptors (Lipinski definition) is 5. The molecule has 0 heterocycles. The molecule has 3 aliphatic rings. The zero-order valence-corrected chi connectivity index (χ0v) is 21.1. The lowest BCUT2D eigenvalue weighted by Crippen LogP contribution is -2.43. The van der Waals surface area contributed by atoms with Crippen LogP contribution in [0.5, 0.6) is 11.5 Å². The van der Waals surface area contributed by atoms with Gasteiger partial charge in [0.1, 0.15) is 0 Å². The fourth-order valence-electron chi connectivity index (χ4n) is 7.18. The third-order valence-electron chi connectivity index (χ3n) is 9.16. The zero-order valence-electron chi connectivity index (χ0n) is 21.1. The van der Waals surface area contributed by atoms with Gasteiger partial charge in [0.2, 0.25) is 0 Å². The summed E-state index contributed by atoms with van der Waals surface area (Å²) in [7, 11) is 0. The van der Waals surface area contributed by atoms with Gasteiger partial charge in [-0.25, -0.2) is 9.59 Å². The van der Waals surface area contributed by atoms with Crippen LogP contribution < -0.4 is 9.47 Å². The molecule has 5 heteroatoms. The van der Waals surface area contributed by atoms with Crippen LogP contribution in [-0.2, 0) is 6.42 Å². The lowest BCUT2D eigenvalue weighted by atomic mass is 9.55. The number of aryl methyl sites for hydroxylation is 1. The van der Waals surface area contributed by atoms with Crippen molar-refractivity contribution in [3.05, 3.63) is 95.1 Å². The molecule has 2 fully saturated rings. The van der Waals surface area contributed by atoms with Gasteiger partial charge >= 0.3 is 11.9 Å². The molecule has 0 aromatic heterocycles. The van der Waals surface area contributed by atoms with Gasteiger partial charge in [0.05, 0.1) is 17.2 Å². The highest BCUT2D eigenvalue weighted by Crippen LogP contribution is 2.61. The summed E-state index contributed by atoms with van der Waals surface area (Å²) >= 11 is 0. The number of carbonyl (C=O) groups is 2. The molecule has 3 aromatic carbocycles. The molecule has 0 amide bonds. The molecule has 0 aliphatic heterocycles. The highest BCUT2D eigenvalue weighted by molar-refractivity contribution is 5.93. The number of aliphatic hydroxyl groups is 1. The molecule has 3 aromatic rings. The standard InChI is InChI=1S/C32H32O5/c1-32-17-16-23-24(26(32)14-15-29(32)33)13-12-22-18-27(36-30(34)20-8-4-2-5-9-20)28(19-25(22)23)37-31(35)21-10-6-3-7-11-21/h2-11,18-19,23-24,26,29,33H,12-17H2,1H3/t23-,24+,26+,29+,32-/m0/s1. The Hall–Kier alpha value is -3.44. The van der Waals surface area contributed by atoms with Crippen molar-refractivity contribution in [2.24, 2.45) is 17.3 Å². The molecule has 37 heavy (non-hydrogen) atoms. The topological polar surface area (TPSA) is 72.8 Å². The second kappa shape index (κ2) is 9.46. The summed E-state index contributed by atoms with van der Waals surface area (Å²) in [6.07, 6.45) is 5.65. The van der Waals surface area contributed by atoms with Crippen molar-refractivity contribution >= 4 is 11.9 Å². The van der Waals surface area contributed by atoms with E-state index in [0.29, 0.717) is 28.9 Å². The van der Waals surface area contributed by atoms with Gasteiger partial charge in [-0.15, -0.1) is 0 Å². The first-order chi connectivity index (χ1) is 17.9. The van der Waals surface area contributed by atoms with E-state index in [1.165, 1.54) is 5.56 Å². The summed E-state index contributed by atoms with van der Waals surface area (Å²) < 4.78 is 11.7. The fourth-order valence-corrected chi connectivity index (χ4v) is 7.18. The summed E-state index contributed by atoms with van der Waals surface area (Å²) in [4.78, 5) is 25.9. The van der Waals surface area contributed by atoms with E-state index in [9.17, 15) is 14.7 Å². The molecule has 3 aliphatic carbocycles. The minimum atomic E-state index is -0.486. The van der Waals surface area contributed by atoms with E-state index in [2.05, 4.69) is 6.92 Å². The largest absolute Gasteiger partial charge is 0.419 e. The molecule has 5 nitrogen and oxygen atoms in total. The maximum Gasteiger partial charge on any atom is 0.343 e. The van der Waals surface area contributed by atoms with Crippen LogP contribution >= 0.6 is 0 Å². The van der Waals surface area contributed by atoms with Gasteiger partial charge in [0, 0.05) is 0 Å². The lowest BCUT2D eigenvalue weighted by molar-refractivity contribution is -0.0226. The predicted molar refractivity (Wildman–Crippen MR) is 140 cm³/mol. The number of rotatable bonds is 4. The Bertz CT molecular complexity index is 1320. The normalized spacial score (nSPS) is 27.9. The van der Waals surface area contributed by atoms with Crippen LogP contribution in [0.3, 0.4) is 0 Å². The first-order valence-electron chi connectivity index (χ1n) is 13.3. The summed E-state index contributed by atoms with van der Waals surface area (Å²) in [5, 5.41) is 10.7. The van der Waals surface area contributed by atoms with E-state index < -0.39 is 11.9 Å². The number of fused-ring (bicyclic) bond motifs is 5. The van der Waals surface area contributed by atoms with Crippen molar-refractivity contribution in [2.75, 3.05) is 0 Å². The van der Waals surface area contributed by atoms with Crippen molar-refractivity contribution in [2.45, 2.75) is 57.5 Å². The lowest BCUT2D eigenvalue weighted by Gasteiger charge is -2.50. The van der Waals surface area contributed by atoms with Crippen molar-refractivity contribution in [3.63, 3.8) is 0 Å². The molecular formula is C32H32O5. The van der Waals surface area contributed by atoms with Crippen molar-refractivity contribution in [3.8, 4) is 11.5 Å². The number of aliphatic hydroxyl groups excluding tert-OH is 1. The van der Waals surface area contributed by atoms with Crippen LogP contribution in [-0.4, -0.2) is 23.1 Å². The van der Waals surface area contributed by atoms with Crippen molar-refractivity contribution in [1.29, 1.82) is 0 Å². The molecule has 190 valence electrons. The number of ether oxygens (including phenoxy) is 2. The average molecular weight is 497 g/mol. The van der Waals surface area contributed by atoms with Crippen LogP contribution in [0.2, 0.25) is 0 Å². The fraction of sp³-hybridized carbons (Fsp3) is 0.375. The molecule has 1 N–H and O–H groups in total. The van der Waals surface area contributed by atoms with Gasteiger partial charge in [-0.1, -0.05) is 43.3 Å². The second-order valence-corrected chi connectivity index (χ2v) is 11.1. The van der Waals surface area contributed by atoms with E-state index in [0.717, 1.165) is 44.1 Å². The molecule has 0 spiro atoms. The maximum atomic E-state index is 13.0. The van der Waals surface area contributed by atoms with Gasteiger partial charge in [0.15, 0.2) is 11.5 Å². The van der Waals surface area contributed by atoms with E-state index in [4.69, 9.17) is 9.47 Å². The molecular weight excluding hydrogens is 464 g/mol. The highest BCUT2D eigenvalue weighted by atomic mass is 16.6. The van der Waals surface area contributed by atoms with E-state index in [-0.39, 0.29) is 23.0 Å². The number of benzene rings is 3. The van der Waals surface area contributed by atoms with Gasteiger partial charge in [0.25, 0.3) is 0 Å². The van der Waals surface area contributed by atoms with Crippen LogP contribution in [0.1, 0.15) is 76.8 Å².